The van der Waals surface area contributed by atoms with Crippen molar-refractivity contribution in [2.45, 2.75) is 38.2 Å². The van der Waals surface area contributed by atoms with E-state index in [1.165, 1.54) is 14.7 Å². The standard InChI is InChI=1S/C18H15S.C6H9ClF2O8S2/c1-4-10-16(11-5-1)19(17-12-6-2-7-13-17)18-14-8-3-9-15-18;7-3-1-2-4(10)17-5(18(11,12)13)6(8,9)19(14,15)16/h1-15H;5H,1-3H2,(H,11,12,13)(H,14,15,16)/q+1;/p-1. The molecular weight excluding hydrogens is 586 g/mol. The van der Waals surface area contributed by atoms with Crippen molar-refractivity contribution in [2.24, 2.45) is 0 Å². The summed E-state index contributed by atoms with van der Waals surface area (Å²) in [6.45, 7) is 0. The van der Waals surface area contributed by atoms with E-state index in [0.717, 1.165) is 0 Å². The van der Waals surface area contributed by atoms with Gasteiger partial charge in [-0.25, -0.2) is 8.42 Å². The lowest BCUT2D eigenvalue weighted by Crippen LogP contribution is -2.48. The summed E-state index contributed by atoms with van der Waals surface area (Å²) in [4.78, 5) is 15.0. The van der Waals surface area contributed by atoms with Crippen LogP contribution in [0.5, 0.6) is 0 Å². The largest absolute Gasteiger partial charge is 0.743 e. The minimum atomic E-state index is -6.48. The van der Waals surface area contributed by atoms with Crippen LogP contribution in [0.25, 0.3) is 0 Å². The predicted octanol–water partition coefficient (Wildman–Crippen LogP) is 4.68. The summed E-state index contributed by atoms with van der Waals surface area (Å²) in [5.41, 5.74) is -3.83. The number of halogens is 3. The number of rotatable bonds is 10. The Bertz CT molecular complexity index is 1280. The highest BCUT2D eigenvalue weighted by atomic mass is 35.5. The monoisotopic (exact) mass is 608 g/mol. The normalized spacial score (nSPS) is 12.8. The average molecular weight is 609 g/mol. The third kappa shape index (κ3) is 9.03. The molecule has 1 unspecified atom stereocenters. The highest BCUT2D eigenvalue weighted by Gasteiger charge is 2.56. The average Bonchev–Trinajstić information content (AvgIpc) is 2.87. The maximum Gasteiger partial charge on any atom is 0.387 e. The highest BCUT2D eigenvalue weighted by Crippen LogP contribution is 2.31. The lowest BCUT2D eigenvalue weighted by atomic mass is 10.3. The molecule has 8 nitrogen and oxygen atoms in total. The molecule has 0 bridgehead atoms. The second kappa shape index (κ2) is 14.0. The highest BCUT2D eigenvalue weighted by molar-refractivity contribution is 7.97. The first kappa shape index (κ1) is 31.7. The molecule has 3 aromatic carbocycles. The van der Waals surface area contributed by atoms with Crippen LogP contribution in [0.3, 0.4) is 0 Å². The Morgan fingerprint density at radius 3 is 1.53 bits per heavy atom. The SMILES string of the molecule is O=C(CCCCl)OC(C(F)(F)S(=O)(=O)[O-])S(=O)(=O)O.c1ccc([S+](c2ccccc2)c2ccccc2)cc1. The number of benzene rings is 3. The van der Waals surface area contributed by atoms with E-state index in [0.29, 0.717) is 0 Å². The molecule has 1 N–H and O–H groups in total. The topological polar surface area (TPSA) is 138 Å². The molecule has 0 aliphatic carbocycles. The van der Waals surface area contributed by atoms with E-state index in [1.807, 2.05) is 0 Å². The van der Waals surface area contributed by atoms with Crippen molar-refractivity contribution in [3.8, 4) is 0 Å². The van der Waals surface area contributed by atoms with E-state index >= 15 is 0 Å². The zero-order valence-electron chi connectivity index (χ0n) is 19.5. The Hall–Kier alpha value is -2.55. The van der Waals surface area contributed by atoms with Crippen molar-refractivity contribution in [3.63, 3.8) is 0 Å². The Morgan fingerprint density at radius 1 is 0.868 bits per heavy atom. The van der Waals surface area contributed by atoms with Gasteiger partial charge in [-0.15, -0.1) is 11.6 Å². The maximum atomic E-state index is 13.0. The number of carbonyl (C=O) groups excluding carboxylic acids is 1. The fraction of sp³-hybridized carbons (Fsp3) is 0.208. The molecule has 3 rings (SSSR count). The molecule has 0 radical (unpaired) electrons. The van der Waals surface area contributed by atoms with E-state index < -0.39 is 43.3 Å². The minimum absolute atomic E-state index is 0.0146. The second-order valence-electron chi connectivity index (χ2n) is 7.39. The maximum absolute atomic E-state index is 13.0. The van der Waals surface area contributed by atoms with Gasteiger partial charge in [0.25, 0.3) is 0 Å². The second-order valence-corrected chi connectivity index (χ2v) is 12.7. The summed E-state index contributed by atoms with van der Waals surface area (Å²) in [6, 6.07) is 32.2. The summed E-state index contributed by atoms with van der Waals surface area (Å²) >= 11 is 5.17. The number of hydrogen-bond donors (Lipinski definition) is 1. The Kier molecular flexibility index (Phi) is 11.7. The summed E-state index contributed by atoms with van der Waals surface area (Å²) in [6.07, 6.45) is -0.682. The predicted molar refractivity (Wildman–Crippen MR) is 138 cm³/mol. The van der Waals surface area contributed by atoms with E-state index in [9.17, 15) is 35.0 Å². The molecule has 0 spiro atoms. The van der Waals surface area contributed by atoms with Gasteiger partial charge in [0, 0.05) is 12.3 Å². The van der Waals surface area contributed by atoms with Gasteiger partial charge >= 0.3 is 26.8 Å². The molecule has 0 aliphatic rings. The van der Waals surface area contributed by atoms with Gasteiger partial charge in [0.1, 0.15) is 0 Å². The Balaban J connectivity index is 0.000000267. The molecule has 14 heteroatoms. The van der Waals surface area contributed by atoms with E-state index in [-0.39, 0.29) is 23.2 Å². The van der Waals surface area contributed by atoms with Crippen LogP contribution in [0.2, 0.25) is 0 Å². The molecular formula is C24H23ClF2O8S3. The number of hydrogen-bond acceptors (Lipinski definition) is 7. The van der Waals surface area contributed by atoms with E-state index in [1.54, 1.807) is 0 Å². The summed E-state index contributed by atoms with van der Waals surface area (Å²) < 4.78 is 90.1. The molecule has 0 amide bonds. The van der Waals surface area contributed by atoms with E-state index in [2.05, 4.69) is 95.7 Å². The molecule has 1 atom stereocenters. The molecule has 0 saturated carbocycles. The smallest absolute Gasteiger partial charge is 0.387 e. The number of carbonyl (C=O) groups is 1. The van der Waals surface area contributed by atoms with Gasteiger partial charge in [-0.05, 0) is 42.8 Å². The van der Waals surface area contributed by atoms with Gasteiger partial charge in [0.15, 0.2) is 24.8 Å². The summed E-state index contributed by atoms with van der Waals surface area (Å²) in [5, 5.41) is -5.53. The van der Waals surface area contributed by atoms with Crippen molar-refractivity contribution >= 4 is 48.7 Å². The van der Waals surface area contributed by atoms with Gasteiger partial charge in [0.05, 0.1) is 10.9 Å². The van der Waals surface area contributed by atoms with Crippen molar-refractivity contribution < 1.29 is 44.3 Å². The minimum Gasteiger partial charge on any atom is -0.743 e. The van der Waals surface area contributed by atoms with Crippen LogP contribution < -0.4 is 0 Å². The quantitative estimate of drug-likeness (QED) is 0.151. The van der Waals surface area contributed by atoms with Crippen LogP contribution in [-0.4, -0.2) is 48.5 Å². The van der Waals surface area contributed by atoms with Gasteiger partial charge in [-0.1, -0.05) is 54.6 Å². The molecule has 206 valence electrons. The van der Waals surface area contributed by atoms with Gasteiger partial charge in [0.2, 0.25) is 0 Å². The lowest BCUT2D eigenvalue weighted by molar-refractivity contribution is -0.154. The zero-order chi connectivity index (χ0) is 28.4. The Morgan fingerprint density at radius 2 is 1.24 bits per heavy atom. The molecule has 0 aliphatic heterocycles. The third-order valence-corrected chi connectivity index (χ3v) is 9.03. The fourth-order valence-corrected chi connectivity index (χ4v) is 6.70. The van der Waals surface area contributed by atoms with Crippen LogP contribution in [0.15, 0.2) is 106 Å². The van der Waals surface area contributed by atoms with Crippen molar-refractivity contribution in [1.82, 2.24) is 0 Å². The van der Waals surface area contributed by atoms with Crippen LogP contribution in [-0.2, 0) is 40.7 Å². The van der Waals surface area contributed by atoms with Crippen LogP contribution in [0, 0.1) is 0 Å². The summed E-state index contributed by atoms with van der Waals surface area (Å²) in [7, 11) is -12.3. The van der Waals surface area contributed by atoms with Crippen molar-refractivity contribution in [2.75, 3.05) is 5.88 Å². The third-order valence-electron chi connectivity index (χ3n) is 4.57. The van der Waals surface area contributed by atoms with Crippen LogP contribution >= 0.6 is 11.6 Å². The van der Waals surface area contributed by atoms with Crippen molar-refractivity contribution in [3.05, 3.63) is 91.0 Å². The first-order valence-corrected chi connectivity index (χ1v) is 15.4. The lowest BCUT2D eigenvalue weighted by Gasteiger charge is -2.26. The molecule has 38 heavy (non-hydrogen) atoms. The first-order valence-electron chi connectivity index (χ1n) is 10.7. The molecule has 3 aromatic rings. The summed E-state index contributed by atoms with van der Waals surface area (Å²) in [5.74, 6) is -1.64. The Labute approximate surface area is 227 Å². The number of alkyl halides is 3. The van der Waals surface area contributed by atoms with Gasteiger partial charge in [-0.2, -0.15) is 17.2 Å². The molecule has 0 heterocycles. The van der Waals surface area contributed by atoms with Gasteiger partial charge in [-0.3, -0.25) is 9.35 Å². The van der Waals surface area contributed by atoms with Gasteiger partial charge < -0.3 is 9.29 Å². The van der Waals surface area contributed by atoms with E-state index in [4.69, 9.17) is 16.2 Å². The van der Waals surface area contributed by atoms with Crippen LogP contribution in [0.4, 0.5) is 8.78 Å². The zero-order valence-corrected chi connectivity index (χ0v) is 22.7. The molecule has 0 fully saturated rings. The first-order chi connectivity index (χ1) is 17.8. The number of ether oxygens (including phenoxy) is 1. The van der Waals surface area contributed by atoms with Crippen LogP contribution in [0.1, 0.15) is 12.8 Å². The van der Waals surface area contributed by atoms with Crippen molar-refractivity contribution in [1.29, 1.82) is 0 Å². The molecule has 0 aromatic heterocycles. The molecule has 0 saturated heterocycles. The number of esters is 1. The fourth-order valence-electron chi connectivity index (χ4n) is 2.89.